The summed E-state index contributed by atoms with van der Waals surface area (Å²) < 4.78 is 11.4. The maximum atomic E-state index is 6.15. The minimum absolute atomic E-state index is 0.0562. The van der Waals surface area contributed by atoms with Gasteiger partial charge >= 0.3 is 0 Å². The fraction of sp³-hybridized carbons (Fsp3) is 0.125. The molecule has 1 aromatic heterocycles. The molecule has 134 valence electrons. The molecule has 0 aliphatic rings. The molecule has 0 spiro atoms. The summed E-state index contributed by atoms with van der Waals surface area (Å²) in [6, 6.07) is 28.3. The summed E-state index contributed by atoms with van der Waals surface area (Å²) in [4.78, 5) is 4.99. The van der Waals surface area contributed by atoms with Crippen LogP contribution < -0.4 is 10.1 Å². The second kappa shape index (κ2) is 7.50. The summed E-state index contributed by atoms with van der Waals surface area (Å²) in [7, 11) is 1.66. The Labute approximate surface area is 158 Å². The highest BCUT2D eigenvalue weighted by molar-refractivity contribution is 5.78. The molecule has 0 amide bonds. The van der Waals surface area contributed by atoms with E-state index in [1.807, 2.05) is 72.8 Å². The molecular formula is C24H21NO2. The third kappa shape index (κ3) is 3.63. The van der Waals surface area contributed by atoms with Gasteiger partial charge in [0.25, 0.3) is 0 Å². The van der Waals surface area contributed by atoms with E-state index in [0.29, 0.717) is 0 Å². The van der Waals surface area contributed by atoms with Crippen LogP contribution in [0.25, 0.3) is 22.3 Å². The third-order valence-corrected chi connectivity index (χ3v) is 4.64. The fourth-order valence-corrected chi connectivity index (χ4v) is 3.14. The Hall–Kier alpha value is -3.33. The van der Waals surface area contributed by atoms with Gasteiger partial charge in [-0.3, -0.25) is 4.99 Å². The zero-order valence-corrected chi connectivity index (χ0v) is 15.4. The van der Waals surface area contributed by atoms with Crippen molar-refractivity contribution in [2.45, 2.75) is 13.0 Å². The standard InChI is InChI=1S/C24H21NO2/c1-17(18-8-4-3-5-9-18)25-22-16-24(19-12-14-20(26-2)15-13-19)27-23-11-7-6-10-21(22)23/h3-17H,1-2H3. The van der Waals surface area contributed by atoms with Crippen LogP contribution in [0.2, 0.25) is 0 Å². The summed E-state index contributed by atoms with van der Waals surface area (Å²) in [5.41, 5.74) is 3.00. The average molecular weight is 355 g/mol. The molecule has 0 fully saturated rings. The quantitative estimate of drug-likeness (QED) is 0.466. The summed E-state index contributed by atoms with van der Waals surface area (Å²) in [5, 5.41) is 1.94. The van der Waals surface area contributed by atoms with E-state index in [1.165, 1.54) is 5.56 Å². The number of benzene rings is 3. The molecule has 0 aliphatic carbocycles. The number of rotatable bonds is 4. The van der Waals surface area contributed by atoms with Crippen LogP contribution in [0.15, 0.2) is 94.3 Å². The van der Waals surface area contributed by atoms with E-state index in [9.17, 15) is 0 Å². The summed E-state index contributed by atoms with van der Waals surface area (Å²) in [6.45, 7) is 2.11. The van der Waals surface area contributed by atoms with Gasteiger partial charge in [0.1, 0.15) is 17.1 Å². The molecule has 0 aliphatic heterocycles. The highest BCUT2D eigenvalue weighted by Gasteiger charge is 2.08. The minimum atomic E-state index is 0.0562. The van der Waals surface area contributed by atoms with E-state index < -0.39 is 0 Å². The van der Waals surface area contributed by atoms with Crippen LogP contribution >= 0.6 is 0 Å². The molecule has 4 aromatic rings. The van der Waals surface area contributed by atoms with Crippen LogP contribution in [-0.2, 0) is 0 Å². The smallest absolute Gasteiger partial charge is 0.136 e. The van der Waals surface area contributed by atoms with Crippen molar-refractivity contribution in [2.24, 2.45) is 4.99 Å². The molecule has 3 nitrogen and oxygen atoms in total. The lowest BCUT2D eigenvalue weighted by Crippen LogP contribution is -2.06. The molecule has 0 radical (unpaired) electrons. The van der Waals surface area contributed by atoms with Gasteiger partial charge in [-0.15, -0.1) is 0 Å². The van der Waals surface area contributed by atoms with Crippen molar-refractivity contribution in [1.29, 1.82) is 0 Å². The monoisotopic (exact) mass is 355 g/mol. The van der Waals surface area contributed by atoms with Crippen molar-refractivity contribution in [2.75, 3.05) is 7.11 Å². The number of para-hydroxylation sites is 1. The maximum absolute atomic E-state index is 6.15. The van der Waals surface area contributed by atoms with E-state index in [2.05, 4.69) is 19.1 Å². The Balaban J connectivity index is 1.87. The van der Waals surface area contributed by atoms with Gasteiger partial charge in [0, 0.05) is 17.0 Å². The van der Waals surface area contributed by atoms with Crippen molar-refractivity contribution in [3.63, 3.8) is 0 Å². The van der Waals surface area contributed by atoms with Gasteiger partial charge in [-0.05, 0) is 48.9 Å². The van der Waals surface area contributed by atoms with E-state index in [4.69, 9.17) is 14.1 Å². The van der Waals surface area contributed by atoms with E-state index in [-0.39, 0.29) is 6.04 Å². The van der Waals surface area contributed by atoms with Gasteiger partial charge in [-0.25, -0.2) is 0 Å². The van der Waals surface area contributed by atoms with E-state index in [1.54, 1.807) is 7.11 Å². The molecule has 1 unspecified atom stereocenters. The predicted molar refractivity (Wildman–Crippen MR) is 109 cm³/mol. The van der Waals surface area contributed by atoms with Gasteiger partial charge < -0.3 is 9.15 Å². The second-order valence-corrected chi connectivity index (χ2v) is 6.44. The first-order chi connectivity index (χ1) is 13.2. The predicted octanol–water partition coefficient (Wildman–Crippen LogP) is 5.77. The number of hydrogen-bond donors (Lipinski definition) is 0. The van der Waals surface area contributed by atoms with Crippen molar-refractivity contribution >= 4 is 11.0 Å². The molecule has 3 heteroatoms. The lowest BCUT2D eigenvalue weighted by Gasteiger charge is -2.09. The summed E-state index contributed by atoms with van der Waals surface area (Å²) in [6.07, 6.45) is 0. The highest BCUT2D eigenvalue weighted by Crippen LogP contribution is 2.25. The molecule has 0 saturated heterocycles. The SMILES string of the molecule is COc1ccc(-c2cc(=NC(C)c3ccccc3)c3ccccc3o2)cc1. The highest BCUT2D eigenvalue weighted by atomic mass is 16.5. The number of nitrogens with zero attached hydrogens (tertiary/aromatic N) is 1. The Bertz CT molecular complexity index is 1110. The van der Waals surface area contributed by atoms with E-state index in [0.717, 1.165) is 33.4 Å². The fourth-order valence-electron chi connectivity index (χ4n) is 3.14. The van der Waals surface area contributed by atoms with Crippen LogP contribution in [0.4, 0.5) is 0 Å². The molecule has 1 heterocycles. The first kappa shape index (κ1) is 17.1. The number of fused-ring (bicyclic) bond motifs is 1. The average Bonchev–Trinajstić information content (AvgIpc) is 2.74. The van der Waals surface area contributed by atoms with Crippen molar-refractivity contribution in [3.8, 4) is 17.1 Å². The zero-order chi connectivity index (χ0) is 18.6. The second-order valence-electron chi connectivity index (χ2n) is 6.44. The minimum Gasteiger partial charge on any atom is -0.497 e. The number of ether oxygens (including phenoxy) is 1. The Morgan fingerprint density at radius 1 is 0.852 bits per heavy atom. The van der Waals surface area contributed by atoms with Gasteiger partial charge in [0.2, 0.25) is 0 Å². The number of methoxy groups -OCH3 is 1. The number of hydrogen-bond acceptors (Lipinski definition) is 3. The van der Waals surface area contributed by atoms with Gasteiger partial charge in [-0.1, -0.05) is 42.5 Å². The maximum Gasteiger partial charge on any atom is 0.136 e. The van der Waals surface area contributed by atoms with Crippen molar-refractivity contribution in [1.82, 2.24) is 0 Å². The molecule has 27 heavy (non-hydrogen) atoms. The molecular weight excluding hydrogens is 334 g/mol. The van der Waals surface area contributed by atoms with Gasteiger partial charge in [-0.2, -0.15) is 0 Å². The van der Waals surface area contributed by atoms with Crippen LogP contribution in [0.5, 0.6) is 5.75 Å². The molecule has 0 bridgehead atoms. The van der Waals surface area contributed by atoms with Gasteiger partial charge in [0.15, 0.2) is 0 Å². The molecule has 0 N–H and O–H groups in total. The van der Waals surface area contributed by atoms with Gasteiger partial charge in [0.05, 0.1) is 18.5 Å². The van der Waals surface area contributed by atoms with Crippen LogP contribution in [0, 0.1) is 0 Å². The molecule has 0 saturated carbocycles. The lowest BCUT2D eigenvalue weighted by molar-refractivity contribution is 0.415. The van der Waals surface area contributed by atoms with E-state index >= 15 is 0 Å². The third-order valence-electron chi connectivity index (χ3n) is 4.64. The summed E-state index contributed by atoms with van der Waals surface area (Å²) in [5.74, 6) is 1.61. The Morgan fingerprint density at radius 3 is 2.30 bits per heavy atom. The topological polar surface area (TPSA) is 34.7 Å². The largest absolute Gasteiger partial charge is 0.497 e. The first-order valence-corrected chi connectivity index (χ1v) is 9.01. The summed E-state index contributed by atoms with van der Waals surface area (Å²) >= 11 is 0. The molecule has 1 atom stereocenters. The first-order valence-electron chi connectivity index (χ1n) is 9.01. The van der Waals surface area contributed by atoms with Crippen molar-refractivity contribution in [3.05, 3.63) is 95.8 Å². The molecule has 3 aromatic carbocycles. The van der Waals surface area contributed by atoms with Crippen molar-refractivity contribution < 1.29 is 9.15 Å². The Morgan fingerprint density at radius 2 is 1.56 bits per heavy atom. The normalized spacial score (nSPS) is 12.9. The van der Waals surface area contributed by atoms with Crippen LogP contribution in [0.1, 0.15) is 18.5 Å². The van der Waals surface area contributed by atoms with Crippen LogP contribution in [0.3, 0.4) is 0 Å². The Kier molecular flexibility index (Phi) is 4.75. The molecule has 4 rings (SSSR count). The van der Waals surface area contributed by atoms with Crippen LogP contribution in [-0.4, -0.2) is 7.11 Å². The zero-order valence-electron chi connectivity index (χ0n) is 15.4. The lowest BCUT2D eigenvalue weighted by atomic mass is 10.1.